The maximum Gasteiger partial charge on any atom is 0.237 e. The molecular formula is C16H15ClN2OS. The normalized spacial score (nSPS) is 10.8. The first-order valence-electron chi connectivity index (χ1n) is 6.77. The van der Waals surface area contributed by atoms with Gasteiger partial charge in [0.05, 0.1) is 23.9 Å². The quantitative estimate of drug-likeness (QED) is 0.722. The Morgan fingerprint density at radius 1 is 1.24 bits per heavy atom. The second kappa shape index (κ2) is 6.33. The van der Waals surface area contributed by atoms with Gasteiger partial charge in [-0.15, -0.1) is 11.3 Å². The zero-order valence-corrected chi connectivity index (χ0v) is 13.2. The Balaban J connectivity index is 1.82. The van der Waals surface area contributed by atoms with E-state index in [-0.39, 0.29) is 0 Å². The van der Waals surface area contributed by atoms with Crippen LogP contribution in [0.4, 0.5) is 5.69 Å². The van der Waals surface area contributed by atoms with Crippen LogP contribution in [0, 0.1) is 0 Å². The Bertz CT molecular complexity index is 757. The van der Waals surface area contributed by atoms with Crippen LogP contribution < -0.4 is 10.1 Å². The van der Waals surface area contributed by atoms with Gasteiger partial charge in [-0.3, -0.25) is 0 Å². The van der Waals surface area contributed by atoms with E-state index in [4.69, 9.17) is 16.3 Å². The Morgan fingerprint density at radius 3 is 2.90 bits per heavy atom. The standard InChI is InChI=1S/C16H15ClN2OS/c1-2-20-16-12(7-5-9-18-16)19-10-14-15(17)11-6-3-4-8-13(11)21-14/h3-9,19H,2,10H2,1H3. The van der Waals surface area contributed by atoms with E-state index >= 15 is 0 Å². The lowest BCUT2D eigenvalue weighted by Crippen LogP contribution is -2.03. The molecule has 0 aliphatic carbocycles. The summed E-state index contributed by atoms with van der Waals surface area (Å²) in [6.07, 6.45) is 1.72. The van der Waals surface area contributed by atoms with Crippen LogP contribution in [0.2, 0.25) is 5.02 Å². The van der Waals surface area contributed by atoms with Gasteiger partial charge in [0, 0.05) is 21.2 Å². The lowest BCUT2D eigenvalue weighted by molar-refractivity contribution is 0.328. The fourth-order valence-corrected chi connectivity index (χ4v) is 3.57. The summed E-state index contributed by atoms with van der Waals surface area (Å²) in [4.78, 5) is 5.35. The molecule has 0 spiro atoms. The van der Waals surface area contributed by atoms with Crippen molar-refractivity contribution in [1.29, 1.82) is 0 Å². The van der Waals surface area contributed by atoms with Crippen molar-refractivity contribution in [3.05, 3.63) is 52.5 Å². The summed E-state index contributed by atoms with van der Waals surface area (Å²) < 4.78 is 6.72. The van der Waals surface area contributed by atoms with Crippen molar-refractivity contribution >= 4 is 38.7 Å². The molecule has 0 saturated heterocycles. The number of anilines is 1. The second-order valence-electron chi connectivity index (χ2n) is 4.48. The van der Waals surface area contributed by atoms with Crippen LogP contribution in [0.3, 0.4) is 0 Å². The third kappa shape index (κ3) is 2.96. The minimum atomic E-state index is 0.593. The number of ether oxygens (including phenoxy) is 1. The van der Waals surface area contributed by atoms with Gasteiger partial charge in [0.15, 0.2) is 0 Å². The third-order valence-electron chi connectivity index (χ3n) is 3.09. The maximum atomic E-state index is 6.45. The molecule has 108 valence electrons. The molecule has 0 saturated carbocycles. The van der Waals surface area contributed by atoms with Crippen LogP contribution in [0.1, 0.15) is 11.8 Å². The summed E-state index contributed by atoms with van der Waals surface area (Å²) in [5.74, 6) is 0.622. The molecule has 0 aliphatic rings. The predicted octanol–water partition coefficient (Wildman–Crippen LogP) is 4.96. The summed E-state index contributed by atoms with van der Waals surface area (Å²) in [5.41, 5.74) is 0.882. The van der Waals surface area contributed by atoms with E-state index in [2.05, 4.69) is 16.4 Å². The van der Waals surface area contributed by atoms with Gasteiger partial charge in [0.1, 0.15) is 0 Å². The van der Waals surface area contributed by atoms with Gasteiger partial charge in [-0.05, 0) is 25.1 Å². The topological polar surface area (TPSA) is 34.1 Å². The number of pyridine rings is 1. The Morgan fingerprint density at radius 2 is 2.10 bits per heavy atom. The van der Waals surface area contributed by atoms with Gasteiger partial charge in [-0.2, -0.15) is 0 Å². The zero-order chi connectivity index (χ0) is 14.7. The molecule has 2 aromatic heterocycles. The van der Waals surface area contributed by atoms with Gasteiger partial charge < -0.3 is 10.1 Å². The van der Waals surface area contributed by atoms with Crippen LogP contribution in [-0.4, -0.2) is 11.6 Å². The number of rotatable bonds is 5. The first-order valence-corrected chi connectivity index (χ1v) is 7.96. The first-order chi connectivity index (χ1) is 10.3. The van der Waals surface area contributed by atoms with Crippen molar-refractivity contribution in [2.45, 2.75) is 13.5 Å². The SMILES string of the molecule is CCOc1ncccc1NCc1sc2ccccc2c1Cl. The molecule has 0 amide bonds. The van der Waals surface area contributed by atoms with Crippen molar-refractivity contribution < 1.29 is 4.74 Å². The number of hydrogen-bond donors (Lipinski definition) is 1. The third-order valence-corrected chi connectivity index (χ3v) is 4.81. The highest BCUT2D eigenvalue weighted by Gasteiger charge is 2.10. The molecular weight excluding hydrogens is 304 g/mol. The van der Waals surface area contributed by atoms with Crippen LogP contribution in [0.15, 0.2) is 42.6 Å². The van der Waals surface area contributed by atoms with Crippen LogP contribution in [0.25, 0.3) is 10.1 Å². The highest BCUT2D eigenvalue weighted by atomic mass is 35.5. The number of hydrogen-bond acceptors (Lipinski definition) is 4. The highest BCUT2D eigenvalue weighted by molar-refractivity contribution is 7.19. The van der Waals surface area contributed by atoms with E-state index in [1.807, 2.05) is 37.3 Å². The van der Waals surface area contributed by atoms with E-state index in [1.165, 1.54) is 4.70 Å². The minimum absolute atomic E-state index is 0.593. The molecule has 0 aliphatic heterocycles. The number of nitrogens with zero attached hydrogens (tertiary/aromatic N) is 1. The lowest BCUT2D eigenvalue weighted by atomic mass is 10.2. The zero-order valence-electron chi connectivity index (χ0n) is 11.6. The molecule has 0 fully saturated rings. The molecule has 5 heteroatoms. The van der Waals surface area contributed by atoms with E-state index in [0.717, 1.165) is 21.0 Å². The van der Waals surface area contributed by atoms with Crippen molar-refractivity contribution in [2.24, 2.45) is 0 Å². The Labute approximate surface area is 132 Å². The monoisotopic (exact) mass is 318 g/mol. The van der Waals surface area contributed by atoms with Crippen LogP contribution in [0.5, 0.6) is 5.88 Å². The molecule has 0 unspecified atom stereocenters. The Hall–Kier alpha value is -1.78. The largest absolute Gasteiger partial charge is 0.476 e. The molecule has 1 aromatic carbocycles. The van der Waals surface area contributed by atoms with Gasteiger partial charge in [0.2, 0.25) is 5.88 Å². The van der Waals surface area contributed by atoms with E-state index in [1.54, 1.807) is 17.5 Å². The van der Waals surface area contributed by atoms with Gasteiger partial charge in [-0.25, -0.2) is 4.98 Å². The number of fused-ring (bicyclic) bond motifs is 1. The molecule has 0 bridgehead atoms. The maximum absolute atomic E-state index is 6.45. The first kappa shape index (κ1) is 14.2. The average Bonchev–Trinajstić information content (AvgIpc) is 2.84. The smallest absolute Gasteiger partial charge is 0.237 e. The number of aromatic nitrogens is 1. The summed E-state index contributed by atoms with van der Waals surface area (Å²) in [5, 5.41) is 5.29. The fourth-order valence-electron chi connectivity index (χ4n) is 2.13. The molecule has 0 radical (unpaired) electrons. The molecule has 1 N–H and O–H groups in total. The summed E-state index contributed by atoms with van der Waals surface area (Å²) in [6, 6.07) is 12.0. The van der Waals surface area contributed by atoms with Gasteiger partial charge in [-0.1, -0.05) is 29.8 Å². The van der Waals surface area contributed by atoms with E-state index < -0.39 is 0 Å². The molecule has 21 heavy (non-hydrogen) atoms. The Kier molecular flexibility index (Phi) is 4.27. The van der Waals surface area contributed by atoms with Crippen LogP contribution >= 0.6 is 22.9 Å². The van der Waals surface area contributed by atoms with E-state index in [0.29, 0.717) is 19.0 Å². The molecule has 3 nitrogen and oxygen atoms in total. The highest BCUT2D eigenvalue weighted by Crippen LogP contribution is 2.35. The summed E-state index contributed by atoms with van der Waals surface area (Å²) >= 11 is 8.15. The number of benzene rings is 1. The molecule has 3 rings (SSSR count). The van der Waals surface area contributed by atoms with Gasteiger partial charge in [0.25, 0.3) is 0 Å². The lowest BCUT2D eigenvalue weighted by Gasteiger charge is -2.10. The number of halogens is 1. The van der Waals surface area contributed by atoms with Gasteiger partial charge >= 0.3 is 0 Å². The number of nitrogens with one attached hydrogen (secondary N) is 1. The fraction of sp³-hybridized carbons (Fsp3) is 0.188. The van der Waals surface area contributed by atoms with E-state index in [9.17, 15) is 0 Å². The number of thiophene rings is 1. The van der Waals surface area contributed by atoms with Crippen molar-refractivity contribution in [2.75, 3.05) is 11.9 Å². The van der Waals surface area contributed by atoms with Crippen molar-refractivity contribution in [1.82, 2.24) is 4.98 Å². The van der Waals surface area contributed by atoms with Crippen LogP contribution in [-0.2, 0) is 6.54 Å². The summed E-state index contributed by atoms with van der Waals surface area (Å²) in [7, 11) is 0. The van der Waals surface area contributed by atoms with Crippen molar-refractivity contribution in [3.8, 4) is 5.88 Å². The molecule has 3 aromatic rings. The minimum Gasteiger partial charge on any atom is -0.476 e. The van der Waals surface area contributed by atoms with Crippen molar-refractivity contribution in [3.63, 3.8) is 0 Å². The summed E-state index contributed by atoms with van der Waals surface area (Å²) in [6.45, 7) is 3.20. The second-order valence-corrected chi connectivity index (χ2v) is 5.99. The molecule has 0 atom stereocenters. The average molecular weight is 319 g/mol. The predicted molar refractivity (Wildman–Crippen MR) is 89.6 cm³/mol. The molecule has 2 heterocycles.